The van der Waals surface area contributed by atoms with Crippen molar-refractivity contribution in [2.75, 3.05) is 0 Å². The number of aromatic nitrogens is 1. The summed E-state index contributed by atoms with van der Waals surface area (Å²) in [4.78, 5) is 4.53. The second kappa shape index (κ2) is 9.45. The molecule has 31 heavy (non-hydrogen) atoms. The van der Waals surface area contributed by atoms with Crippen LogP contribution in [0.3, 0.4) is 0 Å². The van der Waals surface area contributed by atoms with Crippen LogP contribution in [-0.4, -0.2) is 13.3 Å². The summed E-state index contributed by atoms with van der Waals surface area (Å²) in [6, 6.07) is 7.41. The highest BCUT2D eigenvalue weighted by Gasteiger charge is 2.48. The molecule has 0 radical (unpaired) electrons. The van der Waals surface area contributed by atoms with E-state index in [9.17, 15) is 8.78 Å². The zero-order valence-electron chi connectivity index (χ0n) is 19.3. The summed E-state index contributed by atoms with van der Waals surface area (Å²) >= 11 is 0. The predicted octanol–water partition coefficient (Wildman–Crippen LogP) is 8.18. The minimum atomic E-state index is -2.25. The average molecular weight is 450 g/mol. The number of alkyl halides is 1. The molecule has 1 aliphatic rings. The highest BCUT2D eigenvalue weighted by Crippen LogP contribution is 2.50. The molecule has 0 aliphatic heterocycles. The van der Waals surface area contributed by atoms with E-state index < -0.39 is 32.0 Å². The van der Waals surface area contributed by atoms with Crippen molar-refractivity contribution < 1.29 is 17.6 Å². The Morgan fingerprint density at radius 3 is 2.13 bits per heavy atom. The standard InChI is InChI=1S/C25H34F3NOSi/c1-15(2)31(16(3)4,17(5)6)30-22-13-12-19(18-9-7-11-21(26)24(18)28)23(27)20-10-8-14-29-25(20)22/h7-11,14-17,19,22-23H,12-13H2,1-6H3/t19-,22+,23+/m0/s1. The fourth-order valence-electron chi connectivity index (χ4n) is 5.65. The summed E-state index contributed by atoms with van der Waals surface area (Å²) < 4.78 is 51.3. The van der Waals surface area contributed by atoms with Crippen molar-refractivity contribution in [3.8, 4) is 0 Å². The Hall–Kier alpha value is -1.66. The molecular weight excluding hydrogens is 415 g/mol. The zero-order chi connectivity index (χ0) is 22.9. The Morgan fingerprint density at radius 2 is 1.52 bits per heavy atom. The van der Waals surface area contributed by atoms with E-state index in [0.717, 1.165) is 6.07 Å². The average Bonchev–Trinajstić information content (AvgIpc) is 2.84. The van der Waals surface area contributed by atoms with Gasteiger partial charge in [-0.3, -0.25) is 4.98 Å². The molecule has 0 saturated carbocycles. The van der Waals surface area contributed by atoms with Gasteiger partial charge in [0.05, 0.1) is 11.8 Å². The van der Waals surface area contributed by atoms with Crippen molar-refractivity contribution in [3.05, 3.63) is 65.0 Å². The Kier molecular flexibility index (Phi) is 7.31. The van der Waals surface area contributed by atoms with Crippen LogP contribution in [0.4, 0.5) is 13.2 Å². The molecule has 1 aliphatic carbocycles. The minimum absolute atomic E-state index is 0.0861. The zero-order valence-corrected chi connectivity index (χ0v) is 20.3. The predicted molar refractivity (Wildman–Crippen MR) is 121 cm³/mol. The maximum Gasteiger partial charge on any atom is 0.201 e. The van der Waals surface area contributed by atoms with Gasteiger partial charge in [0, 0.05) is 17.7 Å². The molecule has 0 N–H and O–H groups in total. The molecule has 170 valence electrons. The second-order valence-electron chi connectivity index (χ2n) is 9.63. The summed E-state index contributed by atoms with van der Waals surface area (Å²) in [5.74, 6) is -2.69. The van der Waals surface area contributed by atoms with Crippen LogP contribution in [0.1, 0.15) is 89.4 Å². The minimum Gasteiger partial charge on any atom is -0.408 e. The molecule has 3 atom stereocenters. The topological polar surface area (TPSA) is 22.1 Å². The van der Waals surface area contributed by atoms with Crippen molar-refractivity contribution in [2.24, 2.45) is 0 Å². The lowest BCUT2D eigenvalue weighted by atomic mass is 9.88. The maximum absolute atomic E-state index is 15.8. The lowest BCUT2D eigenvalue weighted by molar-refractivity contribution is 0.159. The second-order valence-corrected chi connectivity index (χ2v) is 15.0. The molecule has 0 saturated heterocycles. The van der Waals surface area contributed by atoms with E-state index in [1.807, 2.05) is 0 Å². The highest BCUT2D eigenvalue weighted by atomic mass is 28.4. The Bertz CT molecular complexity index is 880. The quantitative estimate of drug-likeness (QED) is 0.328. The van der Waals surface area contributed by atoms with Crippen LogP contribution in [0.5, 0.6) is 0 Å². The normalized spacial score (nSPS) is 22.1. The van der Waals surface area contributed by atoms with Gasteiger partial charge in [0.25, 0.3) is 0 Å². The molecule has 6 heteroatoms. The molecule has 0 spiro atoms. The van der Waals surface area contributed by atoms with Crippen molar-refractivity contribution in [2.45, 2.75) is 89.2 Å². The van der Waals surface area contributed by atoms with E-state index in [-0.39, 0.29) is 11.7 Å². The number of halogens is 3. The maximum atomic E-state index is 15.8. The number of hydrogen-bond donors (Lipinski definition) is 0. The molecule has 0 fully saturated rings. The summed E-state index contributed by atoms with van der Waals surface area (Å²) in [7, 11) is -2.25. The fourth-order valence-corrected chi connectivity index (χ4v) is 11.2. The first-order valence-electron chi connectivity index (χ1n) is 11.3. The van der Waals surface area contributed by atoms with Gasteiger partial charge in [-0.2, -0.15) is 0 Å². The number of rotatable bonds is 6. The van der Waals surface area contributed by atoms with Crippen LogP contribution in [0.15, 0.2) is 36.5 Å². The van der Waals surface area contributed by atoms with Gasteiger partial charge in [0.2, 0.25) is 8.32 Å². The highest BCUT2D eigenvalue weighted by molar-refractivity contribution is 6.77. The summed E-state index contributed by atoms with van der Waals surface area (Å²) in [5.41, 5.74) is 2.25. The third-order valence-electron chi connectivity index (χ3n) is 7.00. The molecule has 2 nitrogen and oxygen atoms in total. The van der Waals surface area contributed by atoms with Gasteiger partial charge >= 0.3 is 0 Å². The first kappa shape index (κ1) is 24.0. The number of fused-ring (bicyclic) bond motifs is 1. The van der Waals surface area contributed by atoms with Crippen molar-refractivity contribution in [1.82, 2.24) is 4.98 Å². The lowest BCUT2D eigenvalue weighted by Gasteiger charge is -2.44. The van der Waals surface area contributed by atoms with Gasteiger partial charge in [0.1, 0.15) is 6.17 Å². The molecule has 0 bridgehead atoms. The fraction of sp³-hybridized carbons (Fsp3) is 0.560. The Morgan fingerprint density at radius 1 is 0.903 bits per heavy atom. The molecule has 3 rings (SSSR count). The summed E-state index contributed by atoms with van der Waals surface area (Å²) in [5, 5.41) is 0. The SMILES string of the molecule is CC(C)[Si](O[C@@H]1CC[C@@H](c2cccc(F)c2F)[C@@H](F)c2cccnc21)(C(C)C)C(C)C. The van der Waals surface area contributed by atoms with E-state index in [2.05, 4.69) is 46.5 Å². The Balaban J connectivity index is 2.06. The summed E-state index contributed by atoms with van der Waals surface area (Å²) in [6.07, 6.45) is 0.721. The van der Waals surface area contributed by atoms with Crippen LogP contribution in [0, 0.1) is 11.6 Å². The van der Waals surface area contributed by atoms with E-state index >= 15 is 4.39 Å². The monoisotopic (exact) mass is 449 g/mol. The van der Waals surface area contributed by atoms with Crippen LogP contribution >= 0.6 is 0 Å². The third-order valence-corrected chi connectivity index (χ3v) is 13.1. The number of hydrogen-bond acceptors (Lipinski definition) is 2. The van der Waals surface area contributed by atoms with Gasteiger partial charge in [-0.05, 0) is 47.2 Å². The number of pyridine rings is 1. The molecule has 1 aromatic heterocycles. The van der Waals surface area contributed by atoms with E-state index in [0.29, 0.717) is 40.7 Å². The first-order chi connectivity index (χ1) is 14.6. The van der Waals surface area contributed by atoms with Crippen molar-refractivity contribution >= 4 is 8.32 Å². The third kappa shape index (κ3) is 4.33. The van der Waals surface area contributed by atoms with Crippen molar-refractivity contribution in [3.63, 3.8) is 0 Å². The van der Waals surface area contributed by atoms with Crippen LogP contribution < -0.4 is 0 Å². The number of nitrogens with zero attached hydrogens (tertiary/aromatic N) is 1. The van der Waals surface area contributed by atoms with Gasteiger partial charge in [-0.15, -0.1) is 0 Å². The van der Waals surface area contributed by atoms with E-state index in [1.54, 1.807) is 18.3 Å². The van der Waals surface area contributed by atoms with Crippen molar-refractivity contribution in [1.29, 1.82) is 0 Å². The molecule has 0 amide bonds. The van der Waals surface area contributed by atoms with Crippen LogP contribution in [0.25, 0.3) is 0 Å². The molecule has 2 aromatic rings. The molecular formula is C25H34F3NOSi. The largest absolute Gasteiger partial charge is 0.408 e. The van der Waals surface area contributed by atoms with Crippen LogP contribution in [-0.2, 0) is 4.43 Å². The van der Waals surface area contributed by atoms with Gasteiger partial charge < -0.3 is 4.43 Å². The van der Waals surface area contributed by atoms with Gasteiger partial charge in [-0.25, -0.2) is 13.2 Å². The lowest BCUT2D eigenvalue weighted by Crippen LogP contribution is -2.48. The summed E-state index contributed by atoms with van der Waals surface area (Å²) in [6.45, 7) is 13.3. The van der Waals surface area contributed by atoms with Gasteiger partial charge in [-0.1, -0.05) is 59.7 Å². The number of benzene rings is 1. The first-order valence-corrected chi connectivity index (χ1v) is 13.5. The molecule has 1 heterocycles. The smallest absolute Gasteiger partial charge is 0.201 e. The van der Waals surface area contributed by atoms with Crippen LogP contribution in [0.2, 0.25) is 16.6 Å². The van der Waals surface area contributed by atoms with Gasteiger partial charge in [0.15, 0.2) is 11.6 Å². The molecule has 0 unspecified atom stereocenters. The van der Waals surface area contributed by atoms with E-state index in [4.69, 9.17) is 4.43 Å². The molecule has 1 aromatic carbocycles. The Labute approximate surface area is 185 Å². The van der Waals surface area contributed by atoms with E-state index in [1.165, 1.54) is 12.1 Å².